The van der Waals surface area contributed by atoms with Crippen molar-refractivity contribution in [3.8, 4) is 10.6 Å². The molecule has 6 heteroatoms. The molecule has 0 saturated heterocycles. The van der Waals surface area contributed by atoms with Crippen LogP contribution in [-0.4, -0.2) is 9.97 Å². The zero-order chi connectivity index (χ0) is 28.5. The molecular weight excluding hydrogens is 529 g/mol. The Balaban J connectivity index is 1.38. The Labute approximate surface area is 246 Å². The molecule has 0 aliphatic rings. The summed E-state index contributed by atoms with van der Waals surface area (Å²) >= 11 is 3.55. The Morgan fingerprint density at radius 1 is 0.750 bits per heavy atom. The Morgan fingerprint density at radius 2 is 1.40 bits per heavy atom. The van der Waals surface area contributed by atoms with Crippen molar-refractivity contribution in [3.05, 3.63) is 70.7 Å². The molecule has 3 aromatic carbocycles. The fraction of sp³-hybridized carbons (Fsp3) is 0.412. The van der Waals surface area contributed by atoms with Crippen LogP contribution in [-0.2, 0) is 10.8 Å². The molecular formula is C34H40N4S2. The van der Waals surface area contributed by atoms with E-state index in [2.05, 4.69) is 95.1 Å². The third kappa shape index (κ3) is 6.18. The van der Waals surface area contributed by atoms with Crippen LogP contribution in [0.15, 0.2) is 64.8 Å². The van der Waals surface area contributed by atoms with Crippen molar-refractivity contribution in [1.82, 2.24) is 9.97 Å². The summed E-state index contributed by atoms with van der Waals surface area (Å²) in [6, 6.07) is 19.2. The summed E-state index contributed by atoms with van der Waals surface area (Å²) in [5.41, 5.74) is 7.59. The van der Waals surface area contributed by atoms with Gasteiger partial charge in [-0.3, -0.25) is 0 Å². The summed E-state index contributed by atoms with van der Waals surface area (Å²) in [6.45, 7) is 15.8. The number of unbranched alkanes of at least 4 members (excludes halogenated alkanes) is 2. The van der Waals surface area contributed by atoms with Gasteiger partial charge in [0.25, 0.3) is 0 Å². The van der Waals surface area contributed by atoms with Crippen LogP contribution in [0.3, 0.4) is 0 Å². The molecule has 1 atom stereocenters. The molecule has 0 amide bonds. The molecule has 40 heavy (non-hydrogen) atoms. The fourth-order valence-electron chi connectivity index (χ4n) is 4.99. The maximum atomic E-state index is 5.06. The molecule has 0 fully saturated rings. The van der Waals surface area contributed by atoms with Gasteiger partial charge in [0, 0.05) is 11.0 Å². The first-order valence-corrected chi connectivity index (χ1v) is 16.1. The van der Waals surface area contributed by atoms with Crippen LogP contribution in [0.2, 0.25) is 0 Å². The Bertz CT molecular complexity index is 1670. The number of hydrogen-bond acceptors (Lipinski definition) is 6. The second-order valence-electron chi connectivity index (χ2n) is 12.3. The molecule has 2 aromatic heterocycles. The van der Waals surface area contributed by atoms with E-state index in [1.807, 2.05) is 29.5 Å². The molecule has 0 N–H and O–H groups in total. The van der Waals surface area contributed by atoms with Crippen LogP contribution in [0.25, 0.3) is 31.0 Å². The van der Waals surface area contributed by atoms with Crippen LogP contribution < -0.4 is 0 Å². The topological polar surface area (TPSA) is 50.5 Å². The van der Waals surface area contributed by atoms with Gasteiger partial charge in [-0.1, -0.05) is 72.4 Å². The lowest BCUT2D eigenvalue weighted by Crippen LogP contribution is -2.20. The van der Waals surface area contributed by atoms with Crippen molar-refractivity contribution in [2.24, 2.45) is 10.2 Å². The smallest absolute Gasteiger partial charge is 0.124 e. The highest BCUT2D eigenvalue weighted by atomic mass is 32.1. The van der Waals surface area contributed by atoms with E-state index in [1.54, 1.807) is 11.3 Å². The summed E-state index contributed by atoms with van der Waals surface area (Å²) in [6.07, 6.45) is 6.07. The lowest BCUT2D eigenvalue weighted by molar-refractivity contribution is 0.397. The van der Waals surface area contributed by atoms with Gasteiger partial charge in [0.2, 0.25) is 0 Å². The molecule has 0 radical (unpaired) electrons. The number of hydrogen-bond donors (Lipinski definition) is 0. The number of azo groups is 1. The summed E-state index contributed by atoms with van der Waals surface area (Å²) in [4.78, 5) is 10.0. The van der Waals surface area contributed by atoms with Gasteiger partial charge in [0.05, 0.1) is 36.8 Å². The minimum Gasteiger partial charge on any atom is -0.241 e. The standard InChI is InChI=1S/C34H40N4S2/c1-8-10-11-16-34(7,9-2)32-36-28-21-26(13-15-30(28)40-32)38-37-25-12-14-29-27(20-25)35-31(39-29)23-17-22(3)18-24(19-23)33(4,5)6/h12-15,17-21H,8-11,16H2,1-7H3/b38-37+. The maximum Gasteiger partial charge on any atom is 0.124 e. The molecule has 0 saturated carbocycles. The number of aromatic nitrogens is 2. The van der Waals surface area contributed by atoms with Crippen molar-refractivity contribution in [1.29, 1.82) is 0 Å². The van der Waals surface area contributed by atoms with Gasteiger partial charge in [-0.05, 0) is 79.3 Å². The van der Waals surface area contributed by atoms with Crippen LogP contribution in [0, 0.1) is 6.92 Å². The SMILES string of the molecule is CCCCCC(C)(CC)c1nc2cc(/N=N/c3ccc4sc(-c5cc(C)cc(C(C)(C)C)c5)nc4c3)ccc2s1. The Kier molecular flexibility index (Phi) is 8.21. The molecule has 5 rings (SSSR count). The first-order chi connectivity index (χ1) is 19.1. The van der Waals surface area contributed by atoms with Crippen molar-refractivity contribution in [3.63, 3.8) is 0 Å². The van der Waals surface area contributed by atoms with E-state index in [4.69, 9.17) is 9.97 Å². The largest absolute Gasteiger partial charge is 0.241 e. The average Bonchev–Trinajstić information content (AvgIpc) is 3.55. The summed E-state index contributed by atoms with van der Waals surface area (Å²) in [7, 11) is 0. The van der Waals surface area contributed by atoms with Gasteiger partial charge >= 0.3 is 0 Å². The highest BCUT2D eigenvalue weighted by molar-refractivity contribution is 7.21. The normalized spacial score (nSPS) is 14.0. The summed E-state index contributed by atoms with van der Waals surface area (Å²) in [5, 5.41) is 11.4. The third-order valence-electron chi connectivity index (χ3n) is 7.84. The van der Waals surface area contributed by atoms with Gasteiger partial charge in [-0.25, -0.2) is 9.97 Å². The third-order valence-corrected chi connectivity index (χ3v) is 10.3. The lowest BCUT2D eigenvalue weighted by atomic mass is 9.83. The van der Waals surface area contributed by atoms with E-state index < -0.39 is 0 Å². The summed E-state index contributed by atoms with van der Waals surface area (Å²) in [5.74, 6) is 0. The second kappa shape index (κ2) is 11.5. The van der Waals surface area contributed by atoms with Gasteiger partial charge in [0.1, 0.15) is 5.01 Å². The predicted molar refractivity (Wildman–Crippen MR) is 174 cm³/mol. The number of benzene rings is 3. The zero-order valence-electron chi connectivity index (χ0n) is 24.8. The molecule has 0 spiro atoms. The van der Waals surface area contributed by atoms with Crippen molar-refractivity contribution >= 4 is 54.5 Å². The van der Waals surface area contributed by atoms with E-state index in [0.717, 1.165) is 38.5 Å². The molecule has 4 nitrogen and oxygen atoms in total. The Hall–Kier alpha value is -2.96. The monoisotopic (exact) mass is 568 g/mol. The van der Waals surface area contributed by atoms with E-state index in [0.29, 0.717) is 0 Å². The number of nitrogens with zero attached hydrogens (tertiary/aromatic N) is 4. The molecule has 0 bridgehead atoms. The Morgan fingerprint density at radius 3 is 2.02 bits per heavy atom. The number of rotatable bonds is 9. The highest BCUT2D eigenvalue weighted by Crippen LogP contribution is 2.39. The second-order valence-corrected chi connectivity index (χ2v) is 14.3. The van der Waals surface area contributed by atoms with E-state index >= 15 is 0 Å². The number of thiazole rings is 2. The number of aryl methyl sites for hydroxylation is 1. The van der Waals surface area contributed by atoms with Crippen LogP contribution in [0.1, 0.15) is 89.8 Å². The first-order valence-electron chi connectivity index (χ1n) is 14.4. The van der Waals surface area contributed by atoms with Crippen LogP contribution in [0.4, 0.5) is 11.4 Å². The molecule has 208 valence electrons. The quantitative estimate of drug-likeness (QED) is 0.131. The van der Waals surface area contributed by atoms with Gasteiger partial charge in [-0.2, -0.15) is 10.2 Å². The average molecular weight is 569 g/mol. The summed E-state index contributed by atoms with van der Waals surface area (Å²) < 4.78 is 2.37. The van der Waals surface area contributed by atoms with Gasteiger partial charge < -0.3 is 0 Å². The van der Waals surface area contributed by atoms with E-state index in [1.165, 1.54) is 52.1 Å². The zero-order valence-corrected chi connectivity index (χ0v) is 26.5. The minimum absolute atomic E-state index is 0.0957. The molecule has 2 heterocycles. The maximum absolute atomic E-state index is 5.06. The van der Waals surface area contributed by atoms with Crippen molar-refractivity contribution < 1.29 is 0 Å². The first kappa shape index (κ1) is 28.6. The van der Waals surface area contributed by atoms with Crippen molar-refractivity contribution in [2.75, 3.05) is 0 Å². The molecule has 0 aliphatic carbocycles. The molecule has 5 aromatic rings. The number of fused-ring (bicyclic) bond motifs is 2. The van der Waals surface area contributed by atoms with Gasteiger partial charge in [-0.15, -0.1) is 22.7 Å². The van der Waals surface area contributed by atoms with Gasteiger partial charge in [0.15, 0.2) is 0 Å². The van der Waals surface area contributed by atoms with Crippen molar-refractivity contribution in [2.45, 2.75) is 91.4 Å². The fourth-order valence-corrected chi connectivity index (χ4v) is 7.12. The van der Waals surface area contributed by atoms with E-state index in [-0.39, 0.29) is 10.8 Å². The van der Waals surface area contributed by atoms with E-state index in [9.17, 15) is 0 Å². The lowest BCUT2D eigenvalue weighted by Gasteiger charge is -2.25. The molecule has 0 aliphatic heterocycles. The highest BCUT2D eigenvalue weighted by Gasteiger charge is 2.28. The minimum atomic E-state index is 0.0957. The predicted octanol–water partition coefficient (Wildman–Crippen LogP) is 11.8. The van der Waals surface area contributed by atoms with Crippen LogP contribution >= 0.6 is 22.7 Å². The van der Waals surface area contributed by atoms with Crippen LogP contribution in [0.5, 0.6) is 0 Å². The molecule has 1 unspecified atom stereocenters.